The van der Waals surface area contributed by atoms with Gasteiger partial charge >= 0.3 is 6.01 Å². The Bertz CT molecular complexity index is 348. The molecule has 1 aromatic heterocycles. The number of aryl methyl sites for hydroxylation is 1. The number of aromatic nitrogens is 2. The lowest BCUT2D eigenvalue weighted by molar-refractivity contribution is 0.183. The van der Waals surface area contributed by atoms with E-state index in [4.69, 9.17) is 4.74 Å². The molecule has 1 fully saturated rings. The SMILES string of the molecule is Cc1ccnc(OCCC2CCN(C)CC2)n1. The molecule has 1 aliphatic heterocycles. The van der Waals surface area contributed by atoms with Crippen molar-refractivity contribution >= 4 is 0 Å². The molecule has 0 radical (unpaired) electrons. The zero-order valence-corrected chi connectivity index (χ0v) is 10.7. The molecular formula is C13H21N3O. The van der Waals surface area contributed by atoms with Crippen molar-refractivity contribution in [1.82, 2.24) is 14.9 Å². The first-order chi connectivity index (χ1) is 8.24. The first kappa shape index (κ1) is 12.3. The Morgan fingerprint density at radius 2 is 2.18 bits per heavy atom. The Kier molecular flexibility index (Phi) is 4.31. The minimum Gasteiger partial charge on any atom is -0.463 e. The molecule has 0 amide bonds. The molecule has 1 saturated heterocycles. The van der Waals surface area contributed by atoms with E-state index in [1.807, 2.05) is 13.0 Å². The number of rotatable bonds is 4. The molecule has 2 rings (SSSR count). The van der Waals surface area contributed by atoms with E-state index in [1.165, 1.54) is 25.9 Å². The fourth-order valence-corrected chi connectivity index (χ4v) is 2.16. The fraction of sp³-hybridized carbons (Fsp3) is 0.692. The molecule has 1 aliphatic rings. The molecule has 17 heavy (non-hydrogen) atoms. The summed E-state index contributed by atoms with van der Waals surface area (Å²) in [5, 5.41) is 0. The van der Waals surface area contributed by atoms with Crippen LogP contribution in [0.4, 0.5) is 0 Å². The fourth-order valence-electron chi connectivity index (χ4n) is 2.16. The van der Waals surface area contributed by atoms with Crippen molar-refractivity contribution in [3.8, 4) is 6.01 Å². The van der Waals surface area contributed by atoms with E-state index in [2.05, 4.69) is 21.9 Å². The van der Waals surface area contributed by atoms with Crippen LogP contribution in [-0.2, 0) is 0 Å². The highest BCUT2D eigenvalue weighted by Crippen LogP contribution is 2.19. The molecule has 0 aromatic carbocycles. The molecule has 4 heteroatoms. The summed E-state index contributed by atoms with van der Waals surface area (Å²) >= 11 is 0. The molecule has 94 valence electrons. The second kappa shape index (κ2) is 5.96. The van der Waals surface area contributed by atoms with Crippen LogP contribution in [0.2, 0.25) is 0 Å². The summed E-state index contributed by atoms with van der Waals surface area (Å²) in [5.74, 6) is 0.802. The average Bonchev–Trinajstić information content (AvgIpc) is 2.32. The van der Waals surface area contributed by atoms with Crippen LogP contribution in [0.1, 0.15) is 25.0 Å². The maximum atomic E-state index is 5.58. The highest BCUT2D eigenvalue weighted by Gasteiger charge is 2.16. The van der Waals surface area contributed by atoms with Crippen LogP contribution in [0, 0.1) is 12.8 Å². The summed E-state index contributed by atoms with van der Waals surface area (Å²) in [7, 11) is 2.19. The second-order valence-electron chi connectivity index (χ2n) is 4.86. The lowest BCUT2D eigenvalue weighted by Gasteiger charge is -2.28. The third-order valence-electron chi connectivity index (χ3n) is 3.37. The van der Waals surface area contributed by atoms with Gasteiger partial charge in [0.2, 0.25) is 0 Å². The molecule has 4 nitrogen and oxygen atoms in total. The Hall–Kier alpha value is -1.16. The maximum absolute atomic E-state index is 5.58. The monoisotopic (exact) mass is 235 g/mol. The Morgan fingerprint density at radius 1 is 1.41 bits per heavy atom. The summed E-state index contributed by atoms with van der Waals surface area (Å²) in [6.45, 7) is 5.11. The van der Waals surface area contributed by atoms with E-state index >= 15 is 0 Å². The second-order valence-corrected chi connectivity index (χ2v) is 4.86. The topological polar surface area (TPSA) is 38.2 Å². The van der Waals surface area contributed by atoms with Gasteiger partial charge in [-0.25, -0.2) is 9.97 Å². The first-order valence-electron chi connectivity index (χ1n) is 6.35. The predicted molar refractivity (Wildman–Crippen MR) is 67.1 cm³/mol. The normalized spacial score (nSPS) is 18.2. The van der Waals surface area contributed by atoms with E-state index < -0.39 is 0 Å². The van der Waals surface area contributed by atoms with Crippen LogP contribution in [0.15, 0.2) is 12.3 Å². The van der Waals surface area contributed by atoms with Crippen molar-refractivity contribution in [3.63, 3.8) is 0 Å². The highest BCUT2D eigenvalue weighted by molar-refractivity contribution is 5.02. The van der Waals surface area contributed by atoms with Crippen LogP contribution in [-0.4, -0.2) is 41.6 Å². The van der Waals surface area contributed by atoms with Crippen LogP contribution in [0.25, 0.3) is 0 Å². The van der Waals surface area contributed by atoms with E-state index in [-0.39, 0.29) is 0 Å². The zero-order chi connectivity index (χ0) is 12.1. The third kappa shape index (κ3) is 3.97. The molecule has 0 N–H and O–H groups in total. The molecule has 2 heterocycles. The molecule has 0 saturated carbocycles. The number of piperidine rings is 1. The minimum absolute atomic E-state index is 0.512. The van der Waals surface area contributed by atoms with Gasteiger partial charge in [0.25, 0.3) is 0 Å². The van der Waals surface area contributed by atoms with Crippen molar-refractivity contribution in [2.75, 3.05) is 26.7 Å². The zero-order valence-electron chi connectivity index (χ0n) is 10.7. The minimum atomic E-state index is 0.512. The van der Waals surface area contributed by atoms with Gasteiger partial charge in [-0.3, -0.25) is 0 Å². The third-order valence-corrected chi connectivity index (χ3v) is 3.37. The molecule has 0 bridgehead atoms. The summed E-state index contributed by atoms with van der Waals surface area (Å²) < 4.78 is 5.58. The summed E-state index contributed by atoms with van der Waals surface area (Å²) in [6.07, 6.45) is 5.43. The number of hydrogen-bond donors (Lipinski definition) is 0. The number of hydrogen-bond acceptors (Lipinski definition) is 4. The Balaban J connectivity index is 1.69. The molecule has 0 aliphatic carbocycles. The van der Waals surface area contributed by atoms with Crippen LogP contribution in [0.5, 0.6) is 6.01 Å². The quantitative estimate of drug-likeness (QED) is 0.799. The van der Waals surface area contributed by atoms with Gasteiger partial charge in [-0.2, -0.15) is 0 Å². The largest absolute Gasteiger partial charge is 0.463 e. The van der Waals surface area contributed by atoms with E-state index in [1.54, 1.807) is 6.20 Å². The van der Waals surface area contributed by atoms with Crippen molar-refractivity contribution in [2.45, 2.75) is 26.2 Å². The standard InChI is InChI=1S/C13H21N3O/c1-11-3-7-14-13(15-11)17-10-6-12-4-8-16(2)9-5-12/h3,7,12H,4-6,8-10H2,1-2H3. The van der Waals surface area contributed by atoms with Crippen molar-refractivity contribution in [2.24, 2.45) is 5.92 Å². The van der Waals surface area contributed by atoms with Crippen LogP contribution >= 0.6 is 0 Å². The van der Waals surface area contributed by atoms with E-state index in [9.17, 15) is 0 Å². The lowest BCUT2D eigenvalue weighted by atomic mass is 9.94. The molecule has 0 unspecified atom stereocenters. The van der Waals surface area contributed by atoms with Crippen molar-refractivity contribution < 1.29 is 4.74 Å². The van der Waals surface area contributed by atoms with Crippen molar-refractivity contribution in [3.05, 3.63) is 18.0 Å². The molecular weight excluding hydrogens is 214 g/mol. The van der Waals surface area contributed by atoms with Gasteiger partial charge in [0.1, 0.15) is 0 Å². The van der Waals surface area contributed by atoms with Gasteiger partial charge in [0, 0.05) is 11.9 Å². The van der Waals surface area contributed by atoms with Gasteiger partial charge < -0.3 is 9.64 Å². The first-order valence-corrected chi connectivity index (χ1v) is 6.35. The predicted octanol–water partition coefficient (Wildman–Crippen LogP) is 1.90. The van der Waals surface area contributed by atoms with Crippen LogP contribution in [0.3, 0.4) is 0 Å². The lowest BCUT2D eigenvalue weighted by Crippen LogP contribution is -2.30. The summed E-state index contributed by atoms with van der Waals surface area (Å²) in [6, 6.07) is 2.39. The highest BCUT2D eigenvalue weighted by atomic mass is 16.5. The van der Waals surface area contributed by atoms with E-state index in [0.717, 1.165) is 24.6 Å². The van der Waals surface area contributed by atoms with Gasteiger partial charge in [-0.1, -0.05) is 0 Å². The molecule has 1 aromatic rings. The Morgan fingerprint density at radius 3 is 2.88 bits per heavy atom. The number of nitrogens with zero attached hydrogens (tertiary/aromatic N) is 3. The number of likely N-dealkylation sites (tertiary alicyclic amines) is 1. The maximum Gasteiger partial charge on any atom is 0.316 e. The summed E-state index contributed by atoms with van der Waals surface area (Å²) in [4.78, 5) is 10.7. The van der Waals surface area contributed by atoms with Gasteiger partial charge in [0.05, 0.1) is 6.61 Å². The van der Waals surface area contributed by atoms with Crippen LogP contribution < -0.4 is 4.74 Å². The average molecular weight is 235 g/mol. The summed E-state index contributed by atoms with van der Waals surface area (Å²) in [5.41, 5.74) is 0.953. The number of ether oxygens (including phenoxy) is 1. The van der Waals surface area contributed by atoms with Crippen molar-refractivity contribution in [1.29, 1.82) is 0 Å². The molecule has 0 atom stereocenters. The van der Waals surface area contributed by atoms with Gasteiger partial charge in [-0.15, -0.1) is 0 Å². The van der Waals surface area contributed by atoms with Gasteiger partial charge in [-0.05, 0) is 58.3 Å². The Labute approximate surface area is 103 Å². The van der Waals surface area contributed by atoms with E-state index in [0.29, 0.717) is 6.01 Å². The smallest absolute Gasteiger partial charge is 0.316 e. The van der Waals surface area contributed by atoms with Gasteiger partial charge in [0.15, 0.2) is 0 Å². The molecule has 0 spiro atoms.